The van der Waals surface area contributed by atoms with Crippen LogP contribution in [0.25, 0.3) is 5.69 Å². The summed E-state index contributed by atoms with van der Waals surface area (Å²) in [5.74, 6) is 1.87. The molecule has 0 saturated heterocycles. The summed E-state index contributed by atoms with van der Waals surface area (Å²) in [5.41, 5.74) is 2.21. The summed E-state index contributed by atoms with van der Waals surface area (Å²) >= 11 is 0. The Bertz CT molecular complexity index is 808. The lowest BCUT2D eigenvalue weighted by Gasteiger charge is -2.27. The molecule has 0 radical (unpaired) electrons. The first-order chi connectivity index (χ1) is 10.8. The minimum atomic E-state index is 0.314. The highest BCUT2D eigenvalue weighted by Gasteiger charge is 2.37. The third kappa shape index (κ3) is 1.88. The molecular weight excluding hydrogens is 274 g/mol. The molecule has 0 bridgehead atoms. The average Bonchev–Trinajstić information content (AvgIpc) is 2.96. The van der Waals surface area contributed by atoms with Crippen molar-refractivity contribution < 1.29 is 9.40 Å². The summed E-state index contributed by atoms with van der Waals surface area (Å²) in [7, 11) is 0. The summed E-state index contributed by atoms with van der Waals surface area (Å²) in [6.45, 7) is 4.38. The molecule has 2 aromatic carbocycles. The number of aromatic nitrogens is 2. The van der Waals surface area contributed by atoms with Crippen LogP contribution in [-0.2, 0) is 0 Å². The van der Waals surface area contributed by atoms with Crippen LogP contribution in [0, 0.1) is 0 Å². The molecule has 0 unspecified atom stereocenters. The topological polar surface area (TPSA) is 21.3 Å². The second-order valence-corrected chi connectivity index (χ2v) is 5.65. The standard InChI is InChI=1S/C18H18N3O/c1-14(2)21-16-10-6-7-11-17(16)22-20-13-12-19(18(20)21)15-8-4-3-5-9-15/h3-14H,1-2H3/q+1. The van der Waals surface area contributed by atoms with Gasteiger partial charge in [0.25, 0.3) is 0 Å². The van der Waals surface area contributed by atoms with Crippen molar-refractivity contribution in [3.05, 3.63) is 67.0 Å². The Hall–Kier alpha value is -2.75. The predicted octanol–water partition coefficient (Wildman–Crippen LogP) is 3.47. The average molecular weight is 292 g/mol. The van der Waals surface area contributed by atoms with E-state index in [1.54, 1.807) is 0 Å². The molecular formula is C18H18N3O+. The Balaban J connectivity index is 1.93. The normalized spacial score (nSPS) is 12.8. The number of hydrogen-bond acceptors (Lipinski definition) is 2. The minimum Gasteiger partial charge on any atom is -0.314 e. The summed E-state index contributed by atoms with van der Waals surface area (Å²) < 4.78 is 3.98. The molecule has 4 nitrogen and oxygen atoms in total. The van der Waals surface area contributed by atoms with Crippen molar-refractivity contribution in [2.75, 3.05) is 4.90 Å². The van der Waals surface area contributed by atoms with E-state index in [1.165, 1.54) is 0 Å². The Morgan fingerprint density at radius 3 is 2.45 bits per heavy atom. The molecule has 2 heterocycles. The quantitative estimate of drug-likeness (QED) is 0.674. The van der Waals surface area contributed by atoms with Crippen LogP contribution in [0.15, 0.2) is 67.0 Å². The molecule has 0 aliphatic carbocycles. The van der Waals surface area contributed by atoms with Crippen molar-refractivity contribution >= 4 is 11.6 Å². The maximum absolute atomic E-state index is 6.01. The van der Waals surface area contributed by atoms with Gasteiger partial charge in [-0.1, -0.05) is 35.1 Å². The Kier molecular flexibility index (Phi) is 2.89. The Morgan fingerprint density at radius 2 is 1.68 bits per heavy atom. The van der Waals surface area contributed by atoms with Gasteiger partial charge >= 0.3 is 5.95 Å². The van der Waals surface area contributed by atoms with E-state index in [1.807, 2.05) is 53.5 Å². The van der Waals surface area contributed by atoms with Gasteiger partial charge in [0, 0.05) is 0 Å². The Labute approximate surface area is 129 Å². The largest absolute Gasteiger partial charge is 0.407 e. The van der Waals surface area contributed by atoms with Crippen molar-refractivity contribution in [2.45, 2.75) is 19.9 Å². The van der Waals surface area contributed by atoms with Crippen LogP contribution < -0.4 is 14.3 Å². The molecule has 1 aliphatic heterocycles. The molecule has 0 spiro atoms. The van der Waals surface area contributed by atoms with Crippen molar-refractivity contribution in [1.29, 1.82) is 0 Å². The van der Waals surface area contributed by atoms with E-state index in [2.05, 4.69) is 41.5 Å². The molecule has 0 N–H and O–H groups in total. The summed E-state index contributed by atoms with van der Waals surface area (Å²) in [6, 6.07) is 18.8. The number of fused-ring (bicyclic) bond motifs is 2. The van der Waals surface area contributed by atoms with Crippen LogP contribution >= 0.6 is 0 Å². The highest BCUT2D eigenvalue weighted by Crippen LogP contribution is 2.38. The minimum absolute atomic E-state index is 0.314. The lowest BCUT2D eigenvalue weighted by atomic mass is 10.2. The van der Waals surface area contributed by atoms with Gasteiger partial charge in [0.05, 0.1) is 6.04 Å². The predicted molar refractivity (Wildman–Crippen MR) is 85.7 cm³/mol. The van der Waals surface area contributed by atoms with E-state index in [4.69, 9.17) is 4.84 Å². The highest BCUT2D eigenvalue weighted by molar-refractivity contribution is 5.67. The van der Waals surface area contributed by atoms with Gasteiger partial charge in [-0.3, -0.25) is 0 Å². The van der Waals surface area contributed by atoms with Gasteiger partial charge in [0.2, 0.25) is 5.75 Å². The fraction of sp³-hybridized carbons (Fsp3) is 0.167. The van der Waals surface area contributed by atoms with Gasteiger partial charge in [-0.2, -0.15) is 4.57 Å². The van der Waals surface area contributed by atoms with E-state index in [0.717, 1.165) is 23.1 Å². The van der Waals surface area contributed by atoms with Gasteiger partial charge in [0.1, 0.15) is 23.8 Å². The number of hydrogen-bond donors (Lipinski definition) is 0. The SMILES string of the molecule is CC(C)N1c2ccccc2On2cc[n+](-c3ccccc3)c21. The maximum atomic E-state index is 6.01. The van der Waals surface area contributed by atoms with Crippen LogP contribution in [0.2, 0.25) is 0 Å². The van der Waals surface area contributed by atoms with Crippen molar-refractivity contribution in [1.82, 2.24) is 4.73 Å². The molecule has 1 aromatic heterocycles. The maximum Gasteiger partial charge on any atom is 0.407 e. The van der Waals surface area contributed by atoms with Crippen molar-refractivity contribution in [2.24, 2.45) is 0 Å². The lowest BCUT2D eigenvalue weighted by molar-refractivity contribution is -0.582. The lowest BCUT2D eigenvalue weighted by Crippen LogP contribution is -2.43. The molecule has 110 valence electrons. The van der Waals surface area contributed by atoms with E-state index in [-0.39, 0.29) is 0 Å². The third-order valence-electron chi connectivity index (χ3n) is 3.85. The zero-order valence-electron chi connectivity index (χ0n) is 12.7. The van der Waals surface area contributed by atoms with Gasteiger partial charge in [0.15, 0.2) is 0 Å². The van der Waals surface area contributed by atoms with E-state index >= 15 is 0 Å². The number of para-hydroxylation sites is 3. The van der Waals surface area contributed by atoms with Crippen LogP contribution in [0.3, 0.4) is 0 Å². The van der Waals surface area contributed by atoms with Gasteiger partial charge in [-0.05, 0) is 38.1 Å². The smallest absolute Gasteiger partial charge is 0.314 e. The zero-order valence-corrected chi connectivity index (χ0v) is 12.7. The molecule has 0 fully saturated rings. The zero-order chi connectivity index (χ0) is 15.1. The molecule has 0 atom stereocenters. The second kappa shape index (κ2) is 4.91. The van der Waals surface area contributed by atoms with Gasteiger partial charge in [-0.15, -0.1) is 0 Å². The first kappa shape index (κ1) is 13.0. The fourth-order valence-corrected chi connectivity index (χ4v) is 2.91. The molecule has 0 amide bonds. The van der Waals surface area contributed by atoms with Gasteiger partial charge < -0.3 is 4.84 Å². The number of rotatable bonds is 2. The van der Waals surface area contributed by atoms with E-state index in [9.17, 15) is 0 Å². The first-order valence-electron chi connectivity index (χ1n) is 7.51. The molecule has 4 heteroatoms. The number of nitrogens with zero attached hydrogens (tertiary/aromatic N) is 3. The van der Waals surface area contributed by atoms with Crippen LogP contribution in [0.4, 0.5) is 11.6 Å². The van der Waals surface area contributed by atoms with E-state index in [0.29, 0.717) is 6.04 Å². The monoisotopic (exact) mass is 292 g/mol. The highest BCUT2D eigenvalue weighted by atomic mass is 16.7. The summed E-state index contributed by atoms with van der Waals surface area (Å²) in [4.78, 5) is 8.31. The van der Waals surface area contributed by atoms with Crippen LogP contribution in [-0.4, -0.2) is 10.8 Å². The number of anilines is 2. The Morgan fingerprint density at radius 1 is 0.955 bits per heavy atom. The van der Waals surface area contributed by atoms with Gasteiger partial charge in [-0.25, -0.2) is 4.90 Å². The van der Waals surface area contributed by atoms with Crippen LogP contribution in [0.1, 0.15) is 13.8 Å². The second-order valence-electron chi connectivity index (χ2n) is 5.65. The van der Waals surface area contributed by atoms with Crippen molar-refractivity contribution in [3.8, 4) is 11.4 Å². The van der Waals surface area contributed by atoms with E-state index < -0.39 is 0 Å². The van der Waals surface area contributed by atoms with Crippen molar-refractivity contribution in [3.63, 3.8) is 0 Å². The number of imidazole rings is 1. The molecule has 0 saturated carbocycles. The van der Waals surface area contributed by atoms with Crippen LogP contribution in [0.5, 0.6) is 5.75 Å². The summed E-state index contributed by atoms with van der Waals surface area (Å²) in [6.07, 6.45) is 3.99. The molecule has 4 rings (SSSR count). The summed E-state index contributed by atoms with van der Waals surface area (Å²) in [5, 5.41) is 0. The molecule has 22 heavy (non-hydrogen) atoms. The third-order valence-corrected chi connectivity index (χ3v) is 3.85. The molecule has 1 aliphatic rings. The fourth-order valence-electron chi connectivity index (χ4n) is 2.91. The molecule has 3 aromatic rings. The first-order valence-corrected chi connectivity index (χ1v) is 7.51. The number of benzene rings is 2.